The van der Waals surface area contributed by atoms with Crippen molar-refractivity contribution in [3.8, 4) is 5.75 Å². The fourth-order valence-corrected chi connectivity index (χ4v) is 2.12. The monoisotopic (exact) mass is 206 g/mol. The van der Waals surface area contributed by atoms with Crippen molar-refractivity contribution in [3.05, 3.63) is 29.8 Å². The molecule has 1 fully saturated rings. The van der Waals surface area contributed by atoms with E-state index in [1.807, 2.05) is 24.3 Å². The van der Waals surface area contributed by atoms with Crippen LogP contribution in [-0.2, 0) is 0 Å². The van der Waals surface area contributed by atoms with Crippen molar-refractivity contribution in [2.75, 3.05) is 0 Å². The number of rotatable bonds is 3. The number of ether oxygens (including phenoxy) is 1. The van der Waals surface area contributed by atoms with E-state index in [2.05, 4.69) is 0 Å². The van der Waals surface area contributed by atoms with E-state index >= 15 is 0 Å². The Labute approximate surface area is 90.9 Å². The van der Waals surface area contributed by atoms with Gasteiger partial charge in [0.25, 0.3) is 0 Å². The number of aliphatic hydroxyl groups is 1. The van der Waals surface area contributed by atoms with Gasteiger partial charge in [0, 0.05) is 5.56 Å². The minimum Gasteiger partial charge on any atom is -0.490 e. The predicted molar refractivity (Wildman–Crippen MR) is 60.0 cm³/mol. The fourth-order valence-electron chi connectivity index (χ4n) is 2.12. The summed E-state index contributed by atoms with van der Waals surface area (Å²) in [6.45, 7) is 1.77. The third-order valence-corrected chi connectivity index (χ3v) is 2.96. The molecule has 15 heavy (non-hydrogen) atoms. The summed E-state index contributed by atoms with van der Waals surface area (Å²) >= 11 is 0. The third-order valence-electron chi connectivity index (χ3n) is 2.96. The molecule has 2 heteroatoms. The normalized spacial score (nSPS) is 19.1. The van der Waals surface area contributed by atoms with E-state index in [4.69, 9.17) is 4.74 Å². The summed E-state index contributed by atoms with van der Waals surface area (Å²) < 4.78 is 5.91. The number of hydrogen-bond donors (Lipinski definition) is 1. The Morgan fingerprint density at radius 3 is 2.60 bits per heavy atom. The van der Waals surface area contributed by atoms with Gasteiger partial charge in [-0.1, -0.05) is 18.2 Å². The van der Waals surface area contributed by atoms with E-state index in [1.165, 1.54) is 12.8 Å². The van der Waals surface area contributed by atoms with Crippen LogP contribution in [0.4, 0.5) is 0 Å². The van der Waals surface area contributed by atoms with Crippen molar-refractivity contribution in [2.24, 2.45) is 0 Å². The van der Waals surface area contributed by atoms with Gasteiger partial charge in [0.05, 0.1) is 12.2 Å². The SMILES string of the molecule is C[C@@H](O)c1ccccc1OC1CCCC1. The molecule has 0 amide bonds. The molecule has 0 spiro atoms. The van der Waals surface area contributed by atoms with E-state index in [9.17, 15) is 5.11 Å². The van der Waals surface area contributed by atoms with Crippen LogP contribution in [0.3, 0.4) is 0 Å². The van der Waals surface area contributed by atoms with Crippen molar-refractivity contribution in [1.29, 1.82) is 0 Å². The Morgan fingerprint density at radius 1 is 1.27 bits per heavy atom. The summed E-state index contributed by atoms with van der Waals surface area (Å²) in [5.74, 6) is 0.847. The number of benzene rings is 1. The average molecular weight is 206 g/mol. The molecule has 0 bridgehead atoms. The van der Waals surface area contributed by atoms with Gasteiger partial charge in [-0.05, 0) is 38.7 Å². The number of aliphatic hydroxyl groups excluding tert-OH is 1. The third kappa shape index (κ3) is 2.51. The molecule has 2 nitrogen and oxygen atoms in total. The van der Waals surface area contributed by atoms with Gasteiger partial charge in [0.1, 0.15) is 5.75 Å². The molecule has 1 aliphatic carbocycles. The van der Waals surface area contributed by atoms with E-state index in [0.717, 1.165) is 24.2 Å². The highest BCUT2D eigenvalue weighted by molar-refractivity contribution is 5.34. The quantitative estimate of drug-likeness (QED) is 0.823. The maximum Gasteiger partial charge on any atom is 0.125 e. The first-order valence-corrected chi connectivity index (χ1v) is 5.71. The summed E-state index contributed by atoms with van der Waals surface area (Å²) in [7, 11) is 0. The molecule has 1 aromatic rings. The van der Waals surface area contributed by atoms with Crippen LogP contribution in [0, 0.1) is 0 Å². The summed E-state index contributed by atoms with van der Waals surface area (Å²) in [5, 5.41) is 9.60. The Hall–Kier alpha value is -1.02. The Bertz CT molecular complexity index is 314. The van der Waals surface area contributed by atoms with Crippen molar-refractivity contribution in [3.63, 3.8) is 0 Å². The van der Waals surface area contributed by atoms with Crippen LogP contribution in [0.2, 0.25) is 0 Å². The smallest absolute Gasteiger partial charge is 0.125 e. The highest BCUT2D eigenvalue weighted by Gasteiger charge is 2.18. The van der Waals surface area contributed by atoms with Crippen LogP contribution in [0.25, 0.3) is 0 Å². The second-order valence-corrected chi connectivity index (χ2v) is 4.24. The van der Waals surface area contributed by atoms with Gasteiger partial charge >= 0.3 is 0 Å². The van der Waals surface area contributed by atoms with Gasteiger partial charge in [-0.3, -0.25) is 0 Å². The lowest BCUT2D eigenvalue weighted by molar-refractivity contribution is 0.174. The highest BCUT2D eigenvalue weighted by atomic mass is 16.5. The molecule has 1 aliphatic rings. The van der Waals surface area contributed by atoms with E-state index < -0.39 is 6.10 Å². The molecule has 82 valence electrons. The maximum absolute atomic E-state index is 9.60. The summed E-state index contributed by atoms with van der Waals surface area (Å²) in [6, 6.07) is 7.76. The molecular formula is C13H18O2. The van der Waals surface area contributed by atoms with Gasteiger partial charge < -0.3 is 9.84 Å². The number of para-hydroxylation sites is 1. The van der Waals surface area contributed by atoms with Gasteiger partial charge in [-0.25, -0.2) is 0 Å². The van der Waals surface area contributed by atoms with E-state index in [0.29, 0.717) is 6.10 Å². The van der Waals surface area contributed by atoms with Crippen LogP contribution in [0.15, 0.2) is 24.3 Å². The van der Waals surface area contributed by atoms with Gasteiger partial charge in [0.15, 0.2) is 0 Å². The van der Waals surface area contributed by atoms with Crippen LogP contribution in [0.1, 0.15) is 44.3 Å². The minimum absolute atomic E-state index is 0.352. The lowest BCUT2D eigenvalue weighted by Crippen LogP contribution is -2.12. The van der Waals surface area contributed by atoms with Gasteiger partial charge in [-0.15, -0.1) is 0 Å². The molecule has 1 saturated carbocycles. The zero-order chi connectivity index (χ0) is 10.7. The van der Waals surface area contributed by atoms with Gasteiger partial charge in [0.2, 0.25) is 0 Å². The van der Waals surface area contributed by atoms with Crippen molar-refractivity contribution in [1.82, 2.24) is 0 Å². The first-order chi connectivity index (χ1) is 7.27. The zero-order valence-corrected chi connectivity index (χ0v) is 9.15. The minimum atomic E-state index is -0.456. The fraction of sp³-hybridized carbons (Fsp3) is 0.538. The molecule has 0 saturated heterocycles. The van der Waals surface area contributed by atoms with E-state index in [-0.39, 0.29) is 0 Å². The van der Waals surface area contributed by atoms with Gasteiger partial charge in [-0.2, -0.15) is 0 Å². The van der Waals surface area contributed by atoms with E-state index in [1.54, 1.807) is 6.92 Å². The molecule has 1 atom stereocenters. The second kappa shape index (κ2) is 4.67. The Balaban J connectivity index is 2.12. The molecule has 0 heterocycles. The summed E-state index contributed by atoms with van der Waals surface area (Å²) in [6.07, 6.45) is 4.72. The molecule has 0 aromatic heterocycles. The predicted octanol–water partition coefficient (Wildman–Crippen LogP) is 3.06. The lowest BCUT2D eigenvalue weighted by atomic mass is 10.1. The molecule has 2 rings (SSSR count). The van der Waals surface area contributed by atoms with Crippen molar-refractivity contribution < 1.29 is 9.84 Å². The summed E-state index contributed by atoms with van der Waals surface area (Å²) in [4.78, 5) is 0. The second-order valence-electron chi connectivity index (χ2n) is 4.24. The zero-order valence-electron chi connectivity index (χ0n) is 9.15. The van der Waals surface area contributed by atoms with Crippen LogP contribution in [0.5, 0.6) is 5.75 Å². The van der Waals surface area contributed by atoms with Crippen LogP contribution < -0.4 is 4.74 Å². The lowest BCUT2D eigenvalue weighted by Gasteiger charge is -2.17. The topological polar surface area (TPSA) is 29.5 Å². The van der Waals surface area contributed by atoms with Crippen molar-refractivity contribution >= 4 is 0 Å². The molecule has 0 radical (unpaired) electrons. The molecular weight excluding hydrogens is 188 g/mol. The van der Waals surface area contributed by atoms with Crippen molar-refractivity contribution in [2.45, 2.75) is 44.8 Å². The Kier molecular flexibility index (Phi) is 3.27. The first kappa shape index (κ1) is 10.5. The molecule has 1 aromatic carbocycles. The largest absolute Gasteiger partial charge is 0.490 e. The first-order valence-electron chi connectivity index (χ1n) is 5.71. The summed E-state index contributed by atoms with van der Waals surface area (Å²) in [5.41, 5.74) is 0.893. The standard InChI is InChI=1S/C13H18O2/c1-10(14)12-8-4-5-9-13(12)15-11-6-2-3-7-11/h4-5,8-11,14H,2-3,6-7H2,1H3/t10-/m1/s1. The maximum atomic E-state index is 9.60. The number of hydrogen-bond acceptors (Lipinski definition) is 2. The molecule has 0 aliphatic heterocycles. The van der Waals surface area contributed by atoms with Crippen LogP contribution in [-0.4, -0.2) is 11.2 Å². The Morgan fingerprint density at radius 2 is 1.93 bits per heavy atom. The average Bonchev–Trinajstić information content (AvgIpc) is 2.71. The molecule has 1 N–H and O–H groups in total. The van der Waals surface area contributed by atoms with Crippen LogP contribution >= 0.6 is 0 Å². The highest BCUT2D eigenvalue weighted by Crippen LogP contribution is 2.29. The molecule has 0 unspecified atom stereocenters.